The van der Waals surface area contributed by atoms with Gasteiger partial charge in [-0.15, -0.1) is 0 Å². The number of rotatable bonds is 4. The van der Waals surface area contributed by atoms with Crippen LogP contribution in [0, 0.1) is 23.2 Å². The van der Waals surface area contributed by atoms with Crippen LogP contribution in [0.15, 0.2) is 12.2 Å². The number of hydrogen-bond acceptors (Lipinski definition) is 1. The fourth-order valence-electron chi connectivity index (χ4n) is 4.56. The molecule has 0 aliphatic heterocycles. The highest BCUT2D eigenvalue weighted by Gasteiger charge is 2.50. The van der Waals surface area contributed by atoms with E-state index in [9.17, 15) is 4.79 Å². The first-order chi connectivity index (χ1) is 8.49. The Labute approximate surface area is 111 Å². The molecule has 0 spiro atoms. The van der Waals surface area contributed by atoms with Gasteiger partial charge in [0.15, 0.2) is 0 Å². The molecule has 0 aromatic rings. The summed E-state index contributed by atoms with van der Waals surface area (Å²) >= 11 is 0. The zero-order valence-corrected chi connectivity index (χ0v) is 12.0. The van der Waals surface area contributed by atoms with Crippen molar-refractivity contribution < 1.29 is 4.79 Å². The summed E-state index contributed by atoms with van der Waals surface area (Å²) in [6.07, 6.45) is 7.23. The quantitative estimate of drug-likeness (QED) is 0.599. The monoisotopic (exact) mass is 249 g/mol. The molecule has 1 N–H and O–H groups in total. The van der Waals surface area contributed by atoms with Crippen molar-refractivity contribution in [1.82, 2.24) is 5.32 Å². The van der Waals surface area contributed by atoms with E-state index in [1.807, 2.05) is 0 Å². The third-order valence-electron chi connectivity index (χ3n) is 5.35. The van der Waals surface area contributed by atoms with Crippen molar-refractivity contribution in [3.8, 4) is 0 Å². The number of carbonyl (C=O) groups is 1. The molecule has 2 aliphatic carbocycles. The highest BCUT2D eigenvalue weighted by molar-refractivity contribution is 5.47. The summed E-state index contributed by atoms with van der Waals surface area (Å²) < 4.78 is 0. The lowest BCUT2D eigenvalue weighted by Gasteiger charge is -2.42. The van der Waals surface area contributed by atoms with Crippen molar-refractivity contribution in [2.24, 2.45) is 23.2 Å². The third-order valence-corrected chi connectivity index (χ3v) is 5.35. The second kappa shape index (κ2) is 5.07. The Balaban J connectivity index is 2.23. The van der Waals surface area contributed by atoms with Crippen molar-refractivity contribution in [2.45, 2.75) is 58.9 Å². The van der Waals surface area contributed by atoms with Gasteiger partial charge < -0.3 is 5.32 Å². The molecule has 102 valence electrons. The van der Waals surface area contributed by atoms with Gasteiger partial charge in [-0.2, -0.15) is 0 Å². The van der Waals surface area contributed by atoms with Gasteiger partial charge in [-0.25, -0.2) is 0 Å². The Kier molecular flexibility index (Phi) is 3.84. The van der Waals surface area contributed by atoms with Gasteiger partial charge in [0, 0.05) is 6.04 Å². The first-order valence-electron chi connectivity index (χ1n) is 7.37. The van der Waals surface area contributed by atoms with Crippen LogP contribution in [0.4, 0.5) is 0 Å². The second-order valence-electron chi connectivity index (χ2n) is 6.90. The summed E-state index contributed by atoms with van der Waals surface area (Å²) in [5.74, 6) is 1.70. The predicted octanol–water partition coefficient (Wildman–Crippen LogP) is 3.53. The molecule has 2 fully saturated rings. The summed E-state index contributed by atoms with van der Waals surface area (Å²) in [7, 11) is 0. The van der Waals surface area contributed by atoms with Crippen LogP contribution in [0.25, 0.3) is 0 Å². The van der Waals surface area contributed by atoms with Gasteiger partial charge in [-0.05, 0) is 55.3 Å². The van der Waals surface area contributed by atoms with E-state index in [4.69, 9.17) is 0 Å². The highest BCUT2D eigenvalue weighted by atomic mass is 16.1. The van der Waals surface area contributed by atoms with Crippen LogP contribution in [0.3, 0.4) is 0 Å². The SMILES string of the molecule is C=C1CCC[C@]2(C)CCC([C@H](NC=O)C(C)C)[C@H]12. The maximum absolute atomic E-state index is 10.9. The van der Waals surface area contributed by atoms with Crippen LogP contribution < -0.4 is 5.32 Å². The van der Waals surface area contributed by atoms with Gasteiger partial charge in [-0.1, -0.05) is 32.9 Å². The molecule has 0 bridgehead atoms. The molecule has 2 heteroatoms. The molecule has 1 amide bonds. The molecule has 2 rings (SSSR count). The average Bonchev–Trinajstić information content (AvgIpc) is 2.64. The molecule has 2 nitrogen and oxygen atoms in total. The third kappa shape index (κ3) is 2.22. The lowest BCUT2D eigenvalue weighted by molar-refractivity contribution is -0.111. The molecule has 18 heavy (non-hydrogen) atoms. The molecule has 0 aromatic heterocycles. The Morgan fingerprint density at radius 1 is 1.44 bits per heavy atom. The number of nitrogens with one attached hydrogen (secondary N) is 1. The largest absolute Gasteiger partial charge is 0.355 e. The second-order valence-corrected chi connectivity index (χ2v) is 6.90. The van der Waals surface area contributed by atoms with E-state index in [0.717, 1.165) is 6.41 Å². The molecule has 0 radical (unpaired) electrons. The van der Waals surface area contributed by atoms with E-state index in [-0.39, 0.29) is 0 Å². The van der Waals surface area contributed by atoms with E-state index < -0.39 is 0 Å². The lowest BCUT2D eigenvalue weighted by atomic mass is 9.64. The number of amides is 1. The standard InChI is InChI=1S/C16H27NO/c1-11(2)15(17-10-18)13-7-9-16(4)8-5-6-12(3)14(13)16/h10-11,13-15H,3,5-9H2,1-2,4H3,(H,17,18)/t13?,14-,15+,16+/m0/s1. The van der Waals surface area contributed by atoms with Crippen LogP contribution in [0.5, 0.6) is 0 Å². The van der Waals surface area contributed by atoms with Crippen LogP contribution in [-0.2, 0) is 4.79 Å². The van der Waals surface area contributed by atoms with Gasteiger partial charge in [0.1, 0.15) is 0 Å². The zero-order chi connectivity index (χ0) is 13.3. The summed E-state index contributed by atoms with van der Waals surface area (Å²) in [5.41, 5.74) is 1.88. The topological polar surface area (TPSA) is 29.1 Å². The van der Waals surface area contributed by atoms with E-state index in [2.05, 4.69) is 32.7 Å². The predicted molar refractivity (Wildman–Crippen MR) is 75.1 cm³/mol. The first-order valence-corrected chi connectivity index (χ1v) is 7.37. The molecule has 2 saturated carbocycles. The molecule has 4 atom stereocenters. The average molecular weight is 249 g/mol. The normalized spacial score (nSPS) is 37.4. The Hall–Kier alpha value is -0.790. The van der Waals surface area contributed by atoms with Gasteiger partial charge >= 0.3 is 0 Å². The van der Waals surface area contributed by atoms with E-state index in [0.29, 0.717) is 29.2 Å². The Bertz CT molecular complexity index is 336. The number of carbonyl (C=O) groups excluding carboxylic acids is 1. The van der Waals surface area contributed by atoms with Crippen LogP contribution in [0.1, 0.15) is 52.9 Å². The summed E-state index contributed by atoms with van der Waals surface area (Å²) in [5, 5.41) is 3.07. The number of hydrogen-bond donors (Lipinski definition) is 1. The maximum Gasteiger partial charge on any atom is 0.207 e. The maximum atomic E-state index is 10.9. The lowest BCUT2D eigenvalue weighted by Crippen LogP contribution is -2.44. The van der Waals surface area contributed by atoms with Gasteiger partial charge in [0.2, 0.25) is 6.41 Å². The molecule has 0 heterocycles. The van der Waals surface area contributed by atoms with E-state index in [1.165, 1.54) is 37.7 Å². The van der Waals surface area contributed by atoms with Crippen molar-refractivity contribution in [3.05, 3.63) is 12.2 Å². The fraction of sp³-hybridized carbons (Fsp3) is 0.812. The van der Waals surface area contributed by atoms with Gasteiger partial charge in [-0.3, -0.25) is 4.79 Å². The minimum absolute atomic E-state index is 0.309. The minimum atomic E-state index is 0.309. The number of fused-ring (bicyclic) bond motifs is 1. The smallest absolute Gasteiger partial charge is 0.207 e. The van der Waals surface area contributed by atoms with Crippen molar-refractivity contribution in [3.63, 3.8) is 0 Å². The summed E-state index contributed by atoms with van der Waals surface area (Å²) in [6.45, 7) is 11.2. The zero-order valence-electron chi connectivity index (χ0n) is 12.0. The molecule has 2 aliphatic rings. The molecular formula is C16H27NO. The Morgan fingerprint density at radius 3 is 2.78 bits per heavy atom. The van der Waals surface area contributed by atoms with E-state index in [1.54, 1.807) is 0 Å². The van der Waals surface area contributed by atoms with Crippen LogP contribution in [0.2, 0.25) is 0 Å². The highest BCUT2D eigenvalue weighted by Crippen LogP contribution is 2.57. The fourth-order valence-corrected chi connectivity index (χ4v) is 4.56. The minimum Gasteiger partial charge on any atom is -0.355 e. The van der Waals surface area contributed by atoms with Crippen molar-refractivity contribution in [1.29, 1.82) is 0 Å². The summed E-state index contributed by atoms with van der Waals surface area (Å²) in [6, 6.07) is 0.309. The first kappa shape index (κ1) is 13.6. The molecule has 0 aromatic carbocycles. The molecule has 0 saturated heterocycles. The van der Waals surface area contributed by atoms with Gasteiger partial charge in [0.05, 0.1) is 0 Å². The van der Waals surface area contributed by atoms with Crippen molar-refractivity contribution >= 4 is 6.41 Å². The molecular weight excluding hydrogens is 222 g/mol. The Morgan fingerprint density at radius 2 is 2.17 bits per heavy atom. The number of allylic oxidation sites excluding steroid dienone is 1. The molecule has 1 unspecified atom stereocenters. The summed E-state index contributed by atoms with van der Waals surface area (Å²) in [4.78, 5) is 10.9. The van der Waals surface area contributed by atoms with Crippen LogP contribution in [-0.4, -0.2) is 12.5 Å². The van der Waals surface area contributed by atoms with E-state index >= 15 is 0 Å². The van der Waals surface area contributed by atoms with Gasteiger partial charge in [0.25, 0.3) is 0 Å². The van der Waals surface area contributed by atoms with Crippen LogP contribution >= 0.6 is 0 Å². The van der Waals surface area contributed by atoms with Crippen molar-refractivity contribution in [2.75, 3.05) is 0 Å².